The first kappa shape index (κ1) is 13.8. The number of pyridine rings is 1. The van der Waals surface area contributed by atoms with Crippen molar-refractivity contribution in [2.45, 2.75) is 19.3 Å². The van der Waals surface area contributed by atoms with Crippen LogP contribution in [0.1, 0.15) is 29.6 Å². The number of carbonyl (C=O) groups is 2. The molecule has 1 fully saturated rings. The van der Waals surface area contributed by atoms with Crippen LogP contribution < -0.4 is 0 Å². The molecule has 1 aliphatic heterocycles. The van der Waals surface area contributed by atoms with Crippen LogP contribution in [-0.2, 0) is 4.79 Å². The minimum atomic E-state index is -0.776. The molecule has 0 radical (unpaired) electrons. The summed E-state index contributed by atoms with van der Waals surface area (Å²) in [5, 5.41) is 9.10. The van der Waals surface area contributed by atoms with E-state index in [0.29, 0.717) is 23.7 Å². The lowest BCUT2D eigenvalue weighted by molar-refractivity contribution is -0.138. The lowest BCUT2D eigenvalue weighted by atomic mass is 9.93. The van der Waals surface area contributed by atoms with Crippen molar-refractivity contribution >= 4 is 23.5 Å². The lowest BCUT2D eigenvalue weighted by Gasteiger charge is -2.31. The predicted octanol–water partition coefficient (Wildman–Crippen LogP) is 2.06. The summed E-state index contributed by atoms with van der Waals surface area (Å²) in [6.07, 6.45) is 4.61. The summed E-state index contributed by atoms with van der Waals surface area (Å²) in [5.74, 6) is -0.724. The van der Waals surface area contributed by atoms with Crippen LogP contribution in [0.3, 0.4) is 0 Å². The van der Waals surface area contributed by atoms with Gasteiger partial charge in [0.15, 0.2) is 0 Å². The Morgan fingerprint density at radius 2 is 2.11 bits per heavy atom. The molecule has 5 nitrogen and oxygen atoms in total. The molecule has 6 heteroatoms. The Balaban J connectivity index is 1.96. The molecule has 19 heavy (non-hydrogen) atoms. The van der Waals surface area contributed by atoms with Gasteiger partial charge in [-0.15, -0.1) is 0 Å². The number of rotatable bonds is 3. The van der Waals surface area contributed by atoms with Crippen molar-refractivity contribution in [1.29, 1.82) is 0 Å². The van der Waals surface area contributed by atoms with Gasteiger partial charge >= 0.3 is 5.97 Å². The van der Waals surface area contributed by atoms with Gasteiger partial charge in [-0.05, 0) is 24.8 Å². The van der Waals surface area contributed by atoms with E-state index in [2.05, 4.69) is 4.98 Å². The van der Waals surface area contributed by atoms with Gasteiger partial charge in [0.25, 0.3) is 5.91 Å². The zero-order valence-electron chi connectivity index (χ0n) is 10.4. The van der Waals surface area contributed by atoms with Gasteiger partial charge in [0.05, 0.1) is 10.6 Å². The van der Waals surface area contributed by atoms with Gasteiger partial charge in [-0.3, -0.25) is 14.6 Å². The number of halogens is 1. The van der Waals surface area contributed by atoms with Gasteiger partial charge in [-0.25, -0.2) is 0 Å². The molecule has 0 aromatic carbocycles. The third-order valence-corrected chi connectivity index (χ3v) is 3.67. The fourth-order valence-corrected chi connectivity index (χ4v) is 2.51. The van der Waals surface area contributed by atoms with Crippen molar-refractivity contribution in [2.75, 3.05) is 13.1 Å². The molecule has 0 aliphatic carbocycles. The summed E-state index contributed by atoms with van der Waals surface area (Å²) in [6.45, 7) is 1.16. The molecule has 1 amide bonds. The summed E-state index contributed by atoms with van der Waals surface area (Å²) in [6, 6.07) is 1.61. The molecule has 0 spiro atoms. The predicted molar refractivity (Wildman–Crippen MR) is 70.1 cm³/mol. The minimum Gasteiger partial charge on any atom is -0.481 e. The van der Waals surface area contributed by atoms with Gasteiger partial charge < -0.3 is 10.0 Å². The molecule has 2 heterocycles. The van der Waals surface area contributed by atoms with Gasteiger partial charge in [0.2, 0.25) is 0 Å². The van der Waals surface area contributed by atoms with E-state index < -0.39 is 5.97 Å². The van der Waals surface area contributed by atoms with E-state index in [-0.39, 0.29) is 18.2 Å². The zero-order valence-corrected chi connectivity index (χ0v) is 11.1. The van der Waals surface area contributed by atoms with Crippen LogP contribution in [0, 0.1) is 5.92 Å². The average Bonchev–Trinajstić information content (AvgIpc) is 2.39. The van der Waals surface area contributed by atoms with Crippen LogP contribution in [0.5, 0.6) is 0 Å². The van der Waals surface area contributed by atoms with E-state index in [1.165, 1.54) is 12.4 Å². The van der Waals surface area contributed by atoms with E-state index in [1.807, 2.05) is 0 Å². The first-order valence-corrected chi connectivity index (χ1v) is 6.56. The molecular weight excluding hydrogens is 268 g/mol. The van der Waals surface area contributed by atoms with Crippen LogP contribution in [0.15, 0.2) is 18.5 Å². The molecule has 0 saturated carbocycles. The quantitative estimate of drug-likeness (QED) is 0.921. The molecule has 102 valence electrons. The highest BCUT2D eigenvalue weighted by Gasteiger charge is 2.25. The van der Waals surface area contributed by atoms with E-state index in [4.69, 9.17) is 16.7 Å². The number of carbonyl (C=O) groups excluding carboxylic acids is 1. The van der Waals surface area contributed by atoms with Crippen molar-refractivity contribution in [3.63, 3.8) is 0 Å². The summed E-state index contributed by atoms with van der Waals surface area (Å²) >= 11 is 5.95. The Morgan fingerprint density at radius 3 is 2.68 bits per heavy atom. The number of piperidine rings is 1. The monoisotopic (exact) mass is 282 g/mol. The second-order valence-electron chi connectivity index (χ2n) is 4.69. The van der Waals surface area contributed by atoms with Crippen molar-refractivity contribution in [3.8, 4) is 0 Å². The van der Waals surface area contributed by atoms with Crippen LogP contribution in [-0.4, -0.2) is 40.0 Å². The van der Waals surface area contributed by atoms with E-state index in [1.54, 1.807) is 11.0 Å². The van der Waals surface area contributed by atoms with Crippen molar-refractivity contribution in [1.82, 2.24) is 9.88 Å². The third kappa shape index (κ3) is 3.44. The Bertz CT molecular complexity index is 485. The highest BCUT2D eigenvalue weighted by Crippen LogP contribution is 2.23. The molecule has 1 aromatic heterocycles. The maximum absolute atomic E-state index is 12.2. The number of likely N-dealkylation sites (tertiary alicyclic amines) is 1. The number of aromatic nitrogens is 1. The molecule has 2 rings (SSSR count). The first-order valence-electron chi connectivity index (χ1n) is 6.18. The third-order valence-electron chi connectivity index (χ3n) is 3.37. The van der Waals surface area contributed by atoms with Crippen LogP contribution >= 0.6 is 11.6 Å². The Morgan fingerprint density at radius 1 is 1.42 bits per heavy atom. The lowest BCUT2D eigenvalue weighted by Crippen LogP contribution is -2.39. The molecule has 0 atom stereocenters. The second-order valence-corrected chi connectivity index (χ2v) is 5.10. The number of carboxylic acid groups (broad SMARTS) is 1. The maximum Gasteiger partial charge on any atom is 0.303 e. The van der Waals surface area contributed by atoms with Crippen LogP contribution in [0.2, 0.25) is 5.02 Å². The molecule has 1 aromatic rings. The SMILES string of the molecule is O=C(O)CC1CCN(C(=O)c2ccncc2Cl)CC1. The Labute approximate surface area is 116 Å². The molecule has 1 aliphatic rings. The number of amides is 1. The number of hydrogen-bond donors (Lipinski definition) is 1. The number of hydrogen-bond acceptors (Lipinski definition) is 3. The maximum atomic E-state index is 12.2. The Hall–Kier alpha value is -1.62. The smallest absolute Gasteiger partial charge is 0.303 e. The highest BCUT2D eigenvalue weighted by atomic mass is 35.5. The number of aliphatic carboxylic acids is 1. The summed E-state index contributed by atoms with van der Waals surface area (Å²) in [7, 11) is 0. The number of carboxylic acids is 1. The normalized spacial score (nSPS) is 16.4. The molecule has 1 saturated heterocycles. The zero-order chi connectivity index (χ0) is 13.8. The van der Waals surface area contributed by atoms with Crippen LogP contribution in [0.25, 0.3) is 0 Å². The average molecular weight is 283 g/mol. The minimum absolute atomic E-state index is 0.110. The highest BCUT2D eigenvalue weighted by molar-refractivity contribution is 6.33. The van der Waals surface area contributed by atoms with Gasteiger partial charge in [0.1, 0.15) is 0 Å². The van der Waals surface area contributed by atoms with Gasteiger partial charge in [0, 0.05) is 31.9 Å². The summed E-state index contributed by atoms with van der Waals surface area (Å²) in [5.41, 5.74) is 0.452. The van der Waals surface area contributed by atoms with Crippen molar-refractivity contribution < 1.29 is 14.7 Å². The van der Waals surface area contributed by atoms with Gasteiger partial charge in [-0.1, -0.05) is 11.6 Å². The van der Waals surface area contributed by atoms with E-state index >= 15 is 0 Å². The van der Waals surface area contributed by atoms with E-state index in [0.717, 1.165) is 12.8 Å². The molecule has 0 unspecified atom stereocenters. The summed E-state index contributed by atoms with van der Waals surface area (Å²) < 4.78 is 0. The van der Waals surface area contributed by atoms with Crippen molar-refractivity contribution in [3.05, 3.63) is 29.0 Å². The van der Waals surface area contributed by atoms with Crippen molar-refractivity contribution in [2.24, 2.45) is 5.92 Å². The first-order chi connectivity index (χ1) is 9.08. The summed E-state index contributed by atoms with van der Waals surface area (Å²) in [4.78, 5) is 28.5. The van der Waals surface area contributed by atoms with E-state index in [9.17, 15) is 9.59 Å². The standard InChI is InChI=1S/C13H15ClN2O3/c14-11-8-15-4-1-10(11)13(19)16-5-2-9(3-6-16)7-12(17)18/h1,4,8-9H,2-3,5-7H2,(H,17,18). The molecule has 1 N–H and O–H groups in total. The second kappa shape index (κ2) is 6.02. The molecular formula is C13H15ClN2O3. The fraction of sp³-hybridized carbons (Fsp3) is 0.462. The van der Waals surface area contributed by atoms with Gasteiger partial charge in [-0.2, -0.15) is 0 Å². The number of nitrogens with zero attached hydrogens (tertiary/aromatic N) is 2. The largest absolute Gasteiger partial charge is 0.481 e. The topological polar surface area (TPSA) is 70.5 Å². The fourth-order valence-electron chi connectivity index (χ4n) is 2.31. The van der Waals surface area contributed by atoms with Crippen LogP contribution in [0.4, 0.5) is 0 Å². The Kier molecular flexibility index (Phi) is 4.37. The molecule has 0 bridgehead atoms.